The maximum Gasteiger partial charge on any atom is 0.308 e. The van der Waals surface area contributed by atoms with Crippen molar-refractivity contribution in [3.63, 3.8) is 0 Å². The van der Waals surface area contributed by atoms with Gasteiger partial charge in [0.05, 0.1) is 23.7 Å². The number of hydrogen-bond acceptors (Lipinski definition) is 5. The van der Waals surface area contributed by atoms with E-state index in [2.05, 4.69) is 29.0 Å². The van der Waals surface area contributed by atoms with Crippen LogP contribution in [0.4, 0.5) is 0 Å². The molecule has 6 nitrogen and oxygen atoms in total. The van der Waals surface area contributed by atoms with Gasteiger partial charge in [0, 0.05) is 37.5 Å². The molecule has 1 N–H and O–H groups in total. The molecule has 0 aliphatic carbocycles. The Bertz CT molecular complexity index is 583. The van der Waals surface area contributed by atoms with Crippen molar-refractivity contribution in [1.82, 2.24) is 15.2 Å². The second-order valence-electron chi connectivity index (χ2n) is 6.01. The summed E-state index contributed by atoms with van der Waals surface area (Å²) in [5.41, 5.74) is 1.12. The Hall–Kier alpha value is -0.900. The van der Waals surface area contributed by atoms with Crippen molar-refractivity contribution in [3.8, 4) is 0 Å². The normalized spacial score (nSPS) is 15.7. The molecule has 1 aliphatic rings. The van der Waals surface area contributed by atoms with Crippen LogP contribution in [0.1, 0.15) is 35.3 Å². The number of thiazole rings is 1. The molecule has 0 radical (unpaired) electrons. The van der Waals surface area contributed by atoms with Crippen molar-refractivity contribution in [1.29, 1.82) is 0 Å². The van der Waals surface area contributed by atoms with Gasteiger partial charge in [-0.3, -0.25) is 9.79 Å². The van der Waals surface area contributed by atoms with E-state index in [0.29, 0.717) is 0 Å². The molecule has 0 bridgehead atoms. The van der Waals surface area contributed by atoms with Crippen LogP contribution in [0.15, 0.2) is 4.99 Å². The molecule has 2 rings (SSSR count). The molecule has 0 amide bonds. The van der Waals surface area contributed by atoms with Crippen LogP contribution in [0.2, 0.25) is 0 Å². The number of methoxy groups -OCH3 is 1. The number of ether oxygens (including phenoxy) is 1. The van der Waals surface area contributed by atoms with Crippen molar-refractivity contribution >= 4 is 47.2 Å². The highest BCUT2D eigenvalue weighted by molar-refractivity contribution is 14.0. The zero-order chi connectivity index (χ0) is 17.5. The number of piperidine rings is 1. The Kier molecular flexibility index (Phi) is 9.70. The smallest absolute Gasteiger partial charge is 0.308 e. The van der Waals surface area contributed by atoms with Crippen molar-refractivity contribution in [2.45, 2.75) is 40.0 Å². The van der Waals surface area contributed by atoms with Crippen LogP contribution in [0.25, 0.3) is 0 Å². The number of rotatable bonds is 5. The van der Waals surface area contributed by atoms with Crippen molar-refractivity contribution in [2.75, 3.05) is 33.3 Å². The van der Waals surface area contributed by atoms with E-state index in [1.54, 1.807) is 11.3 Å². The summed E-state index contributed by atoms with van der Waals surface area (Å²) in [6.07, 6.45) is 2.57. The summed E-state index contributed by atoms with van der Waals surface area (Å²) >= 11 is 1.76. The van der Waals surface area contributed by atoms with Gasteiger partial charge in [0.15, 0.2) is 5.96 Å². The summed E-state index contributed by atoms with van der Waals surface area (Å²) in [6, 6.07) is 0. The summed E-state index contributed by atoms with van der Waals surface area (Å²) in [5, 5.41) is 4.48. The average molecular weight is 480 g/mol. The predicted molar refractivity (Wildman–Crippen MR) is 113 cm³/mol. The number of aryl methyl sites for hydroxylation is 2. The number of nitrogens with one attached hydrogen (secondary N) is 1. The van der Waals surface area contributed by atoms with E-state index in [-0.39, 0.29) is 35.9 Å². The molecule has 142 valence electrons. The first-order valence-corrected chi connectivity index (χ1v) is 9.40. The highest BCUT2D eigenvalue weighted by atomic mass is 127. The van der Waals surface area contributed by atoms with E-state index in [0.717, 1.165) is 62.1 Å². The first kappa shape index (κ1) is 22.1. The molecule has 25 heavy (non-hydrogen) atoms. The molecule has 1 aliphatic heterocycles. The van der Waals surface area contributed by atoms with Gasteiger partial charge in [-0.15, -0.1) is 35.3 Å². The average Bonchev–Trinajstić information content (AvgIpc) is 2.91. The van der Waals surface area contributed by atoms with E-state index in [1.807, 2.05) is 6.92 Å². The molecule has 1 saturated heterocycles. The molecular weight excluding hydrogens is 451 g/mol. The fraction of sp³-hybridized carbons (Fsp3) is 0.706. The van der Waals surface area contributed by atoms with Crippen molar-refractivity contribution < 1.29 is 9.53 Å². The number of likely N-dealkylation sites (tertiary alicyclic amines) is 1. The number of esters is 1. The predicted octanol–water partition coefficient (Wildman–Crippen LogP) is 2.77. The van der Waals surface area contributed by atoms with E-state index >= 15 is 0 Å². The minimum absolute atomic E-state index is 0. The zero-order valence-corrected chi connectivity index (χ0v) is 18.6. The van der Waals surface area contributed by atoms with Crippen LogP contribution in [0.5, 0.6) is 0 Å². The lowest BCUT2D eigenvalue weighted by Crippen LogP contribution is -2.46. The SMILES string of the molecule is CCNC(=NCCc1sc(C)nc1C)N1CCC(C(=O)OC)CC1.I. The second kappa shape index (κ2) is 10.9. The first-order valence-electron chi connectivity index (χ1n) is 8.59. The van der Waals surface area contributed by atoms with Gasteiger partial charge in [-0.2, -0.15) is 0 Å². The van der Waals surface area contributed by atoms with Gasteiger partial charge in [-0.05, 0) is 33.6 Å². The number of nitrogens with zero attached hydrogens (tertiary/aromatic N) is 3. The summed E-state index contributed by atoms with van der Waals surface area (Å²) in [6.45, 7) is 9.45. The van der Waals surface area contributed by atoms with Crippen molar-refractivity contribution in [3.05, 3.63) is 15.6 Å². The molecule has 0 spiro atoms. The standard InChI is InChI=1S/C17H28N4O2S.HI/c1-5-18-17(19-9-6-15-12(2)20-13(3)24-15)21-10-7-14(8-11-21)16(22)23-4;/h14H,5-11H2,1-4H3,(H,18,19);1H. The molecule has 0 aromatic carbocycles. The van der Waals surface area contributed by atoms with Crippen LogP contribution >= 0.6 is 35.3 Å². The van der Waals surface area contributed by atoms with Gasteiger partial charge in [0.1, 0.15) is 0 Å². The number of carbonyl (C=O) groups excluding carboxylic acids is 1. The van der Waals surface area contributed by atoms with Crippen LogP contribution in [-0.2, 0) is 16.0 Å². The van der Waals surface area contributed by atoms with Crippen LogP contribution in [0.3, 0.4) is 0 Å². The second-order valence-corrected chi connectivity index (χ2v) is 7.30. The topological polar surface area (TPSA) is 66.8 Å². The van der Waals surface area contributed by atoms with Crippen LogP contribution in [-0.4, -0.2) is 55.1 Å². The van der Waals surface area contributed by atoms with Crippen LogP contribution < -0.4 is 5.32 Å². The molecule has 1 aromatic rings. The molecule has 1 fully saturated rings. The zero-order valence-electron chi connectivity index (χ0n) is 15.5. The molecule has 8 heteroatoms. The van der Waals surface area contributed by atoms with Gasteiger partial charge in [0.2, 0.25) is 0 Å². The summed E-state index contributed by atoms with van der Waals surface area (Å²) in [7, 11) is 1.46. The molecule has 2 heterocycles. The molecule has 0 saturated carbocycles. The summed E-state index contributed by atoms with van der Waals surface area (Å²) in [4.78, 5) is 24.4. The Labute approximate surface area is 171 Å². The van der Waals surface area contributed by atoms with E-state index < -0.39 is 0 Å². The highest BCUT2D eigenvalue weighted by Crippen LogP contribution is 2.19. The fourth-order valence-corrected chi connectivity index (χ4v) is 3.91. The fourth-order valence-electron chi connectivity index (χ4n) is 2.99. The van der Waals surface area contributed by atoms with Gasteiger partial charge < -0.3 is 15.0 Å². The van der Waals surface area contributed by atoms with E-state index in [4.69, 9.17) is 9.73 Å². The summed E-state index contributed by atoms with van der Waals surface area (Å²) < 4.78 is 4.85. The van der Waals surface area contributed by atoms with Gasteiger partial charge in [-0.1, -0.05) is 0 Å². The third-order valence-electron chi connectivity index (χ3n) is 4.26. The number of aromatic nitrogens is 1. The van der Waals surface area contributed by atoms with Gasteiger partial charge >= 0.3 is 5.97 Å². The quantitative estimate of drug-likeness (QED) is 0.304. The lowest BCUT2D eigenvalue weighted by molar-refractivity contribution is -0.146. The van der Waals surface area contributed by atoms with Crippen LogP contribution in [0, 0.1) is 19.8 Å². The number of halogens is 1. The maximum absolute atomic E-state index is 11.6. The summed E-state index contributed by atoms with van der Waals surface area (Å²) in [5.74, 6) is 0.879. The third-order valence-corrected chi connectivity index (χ3v) is 5.40. The first-order chi connectivity index (χ1) is 11.5. The Morgan fingerprint density at radius 1 is 1.40 bits per heavy atom. The minimum atomic E-state index is -0.0902. The largest absolute Gasteiger partial charge is 0.469 e. The number of carbonyl (C=O) groups is 1. The number of aliphatic imine (C=N–C) groups is 1. The molecule has 0 unspecified atom stereocenters. The highest BCUT2D eigenvalue weighted by Gasteiger charge is 2.26. The lowest BCUT2D eigenvalue weighted by Gasteiger charge is -2.33. The number of guanidine groups is 1. The molecular formula is C17H29IN4O2S. The van der Waals surface area contributed by atoms with Crippen molar-refractivity contribution in [2.24, 2.45) is 10.9 Å². The van der Waals surface area contributed by atoms with E-state index in [1.165, 1.54) is 12.0 Å². The lowest BCUT2D eigenvalue weighted by atomic mass is 9.97. The minimum Gasteiger partial charge on any atom is -0.469 e. The maximum atomic E-state index is 11.6. The Balaban J connectivity index is 0.00000312. The Morgan fingerprint density at radius 2 is 2.08 bits per heavy atom. The third kappa shape index (κ3) is 6.40. The van der Waals surface area contributed by atoms with Gasteiger partial charge in [-0.25, -0.2) is 4.98 Å². The van der Waals surface area contributed by atoms with E-state index in [9.17, 15) is 4.79 Å². The monoisotopic (exact) mass is 480 g/mol. The molecule has 1 aromatic heterocycles. The van der Waals surface area contributed by atoms with Gasteiger partial charge in [0.25, 0.3) is 0 Å². The number of hydrogen-bond donors (Lipinski definition) is 1. The Morgan fingerprint density at radius 3 is 2.60 bits per heavy atom. The molecule has 0 atom stereocenters.